The average Bonchev–Trinajstić information content (AvgIpc) is 2.87. The van der Waals surface area contributed by atoms with Crippen molar-refractivity contribution in [3.05, 3.63) is 69.3 Å². The molecular weight excluding hydrogens is 432 g/mol. The Labute approximate surface area is 200 Å². The number of ether oxygens (including phenoxy) is 1. The number of hydrogen-bond acceptors (Lipinski definition) is 6. The Hall–Kier alpha value is -3.22. The number of hydrogen-bond donors (Lipinski definition) is 0. The largest absolute Gasteiger partial charge is 0.454 e. The van der Waals surface area contributed by atoms with Gasteiger partial charge >= 0.3 is 5.97 Å². The molecule has 7 heteroatoms. The molecule has 0 spiro atoms. The second kappa shape index (κ2) is 10.8. The number of esters is 1. The summed E-state index contributed by atoms with van der Waals surface area (Å²) in [5.41, 5.74) is 2.22. The molecule has 1 aliphatic carbocycles. The van der Waals surface area contributed by atoms with Gasteiger partial charge in [-0.3, -0.25) is 14.9 Å². The zero-order chi connectivity index (χ0) is 24.1. The molecule has 180 valence electrons. The van der Waals surface area contributed by atoms with E-state index in [1.165, 1.54) is 49.8 Å². The van der Waals surface area contributed by atoms with Crippen LogP contribution < -0.4 is 4.90 Å². The maximum absolute atomic E-state index is 12.5. The smallest absolute Gasteiger partial charge is 0.338 e. The first kappa shape index (κ1) is 23.9. The third-order valence-electron chi connectivity index (χ3n) is 7.05. The highest BCUT2D eigenvalue weighted by molar-refractivity contribution is 5.99. The summed E-state index contributed by atoms with van der Waals surface area (Å²) in [5, 5.41) is 11.7. The predicted molar refractivity (Wildman–Crippen MR) is 131 cm³/mol. The van der Waals surface area contributed by atoms with Gasteiger partial charge in [-0.15, -0.1) is 0 Å². The van der Waals surface area contributed by atoms with Gasteiger partial charge in [0.1, 0.15) is 5.69 Å². The standard InChI is InChI=1S/C27H32N2O5/c1-19-6-5-15-28(17-19)24-14-13-23(16-25(24)29(32)33)27(31)34-18-26(30)22-11-9-21(10-12-22)20-7-3-2-4-8-20/h9-14,16,19-20H,2-8,15,17-18H2,1H3. The predicted octanol–water partition coefficient (Wildman–Crippen LogP) is 5.92. The highest BCUT2D eigenvalue weighted by atomic mass is 16.6. The monoisotopic (exact) mass is 464 g/mol. The van der Waals surface area contributed by atoms with E-state index in [1.807, 2.05) is 17.0 Å². The Morgan fingerprint density at radius 2 is 1.71 bits per heavy atom. The van der Waals surface area contributed by atoms with Gasteiger partial charge in [-0.25, -0.2) is 4.79 Å². The lowest BCUT2D eigenvalue weighted by molar-refractivity contribution is -0.384. The number of nitrogens with zero attached hydrogens (tertiary/aromatic N) is 2. The van der Waals surface area contributed by atoms with E-state index in [2.05, 4.69) is 6.92 Å². The van der Waals surface area contributed by atoms with Crippen LogP contribution in [0.5, 0.6) is 0 Å². The van der Waals surface area contributed by atoms with Crippen LogP contribution in [0.15, 0.2) is 42.5 Å². The first-order chi connectivity index (χ1) is 16.4. The third-order valence-corrected chi connectivity index (χ3v) is 7.05. The van der Waals surface area contributed by atoms with Crippen LogP contribution in [0, 0.1) is 16.0 Å². The molecule has 0 N–H and O–H groups in total. The van der Waals surface area contributed by atoms with E-state index >= 15 is 0 Å². The van der Waals surface area contributed by atoms with Crippen molar-refractivity contribution in [2.24, 2.45) is 5.92 Å². The van der Waals surface area contributed by atoms with E-state index in [1.54, 1.807) is 18.2 Å². The Morgan fingerprint density at radius 3 is 2.38 bits per heavy atom. The molecule has 7 nitrogen and oxygen atoms in total. The lowest BCUT2D eigenvalue weighted by Crippen LogP contribution is -2.34. The van der Waals surface area contributed by atoms with Crippen molar-refractivity contribution >= 4 is 23.1 Å². The van der Waals surface area contributed by atoms with Crippen molar-refractivity contribution in [2.45, 2.75) is 57.8 Å². The van der Waals surface area contributed by atoms with Crippen molar-refractivity contribution in [1.82, 2.24) is 0 Å². The highest BCUT2D eigenvalue weighted by Gasteiger charge is 2.26. The Morgan fingerprint density at radius 1 is 1.00 bits per heavy atom. The van der Waals surface area contributed by atoms with E-state index in [0.717, 1.165) is 25.9 Å². The zero-order valence-electron chi connectivity index (χ0n) is 19.7. The molecule has 1 atom stereocenters. The van der Waals surface area contributed by atoms with Crippen LogP contribution >= 0.6 is 0 Å². The van der Waals surface area contributed by atoms with Gasteiger partial charge in [0.05, 0.1) is 10.5 Å². The van der Waals surface area contributed by atoms with Crippen LogP contribution in [0.3, 0.4) is 0 Å². The molecule has 2 fully saturated rings. The molecule has 0 amide bonds. The summed E-state index contributed by atoms with van der Waals surface area (Å²) in [7, 11) is 0. The number of benzene rings is 2. The zero-order valence-corrected chi connectivity index (χ0v) is 19.7. The summed E-state index contributed by atoms with van der Waals surface area (Å²) >= 11 is 0. The second-order valence-corrected chi connectivity index (χ2v) is 9.61. The SMILES string of the molecule is CC1CCCN(c2ccc(C(=O)OCC(=O)c3ccc(C4CCCCC4)cc3)cc2[N+](=O)[O-])C1. The molecule has 4 rings (SSSR count). The van der Waals surface area contributed by atoms with Crippen LogP contribution in [0.2, 0.25) is 0 Å². The number of anilines is 1. The van der Waals surface area contributed by atoms with Crippen LogP contribution in [0.1, 0.15) is 84.1 Å². The van der Waals surface area contributed by atoms with Gasteiger partial charge in [0, 0.05) is 24.7 Å². The maximum Gasteiger partial charge on any atom is 0.338 e. The quantitative estimate of drug-likeness (QED) is 0.219. The van der Waals surface area contributed by atoms with E-state index in [4.69, 9.17) is 4.74 Å². The lowest BCUT2D eigenvalue weighted by Gasteiger charge is -2.32. The highest BCUT2D eigenvalue weighted by Crippen LogP contribution is 2.33. The number of carbonyl (C=O) groups excluding carboxylic acids is 2. The normalized spacial score (nSPS) is 19.0. The maximum atomic E-state index is 12.5. The Kier molecular flexibility index (Phi) is 7.60. The first-order valence-corrected chi connectivity index (χ1v) is 12.3. The minimum Gasteiger partial charge on any atom is -0.454 e. The molecule has 1 aliphatic heterocycles. The summed E-state index contributed by atoms with van der Waals surface area (Å²) < 4.78 is 5.20. The molecular formula is C27H32N2O5. The minimum absolute atomic E-state index is 0.0703. The van der Waals surface area contributed by atoms with Crippen molar-refractivity contribution < 1.29 is 19.2 Å². The average molecular weight is 465 g/mol. The van der Waals surface area contributed by atoms with E-state index in [-0.39, 0.29) is 17.0 Å². The Balaban J connectivity index is 1.38. The van der Waals surface area contributed by atoms with Crippen LogP contribution in [-0.4, -0.2) is 36.4 Å². The number of Topliss-reactive ketones (excluding diaryl/α,β-unsaturated/α-hetero) is 1. The van der Waals surface area contributed by atoms with E-state index in [0.29, 0.717) is 23.1 Å². The van der Waals surface area contributed by atoms with E-state index in [9.17, 15) is 19.7 Å². The summed E-state index contributed by atoms with van der Waals surface area (Å²) in [5.74, 6) is -0.0193. The van der Waals surface area contributed by atoms with Crippen molar-refractivity contribution in [1.29, 1.82) is 0 Å². The van der Waals surface area contributed by atoms with Gasteiger partial charge in [-0.1, -0.05) is 50.5 Å². The van der Waals surface area contributed by atoms with Crippen molar-refractivity contribution in [2.75, 3.05) is 24.6 Å². The molecule has 2 aromatic rings. The number of rotatable bonds is 7. The van der Waals surface area contributed by atoms with Crippen molar-refractivity contribution in [3.63, 3.8) is 0 Å². The summed E-state index contributed by atoms with van der Waals surface area (Å²) in [6.45, 7) is 3.23. The lowest BCUT2D eigenvalue weighted by atomic mass is 9.84. The molecule has 0 radical (unpaired) electrons. The van der Waals surface area contributed by atoms with Crippen LogP contribution in [0.25, 0.3) is 0 Å². The molecule has 1 saturated heterocycles. The molecule has 2 aromatic carbocycles. The van der Waals surface area contributed by atoms with Gasteiger partial charge in [0.25, 0.3) is 5.69 Å². The van der Waals surface area contributed by atoms with Gasteiger partial charge in [0.15, 0.2) is 12.4 Å². The summed E-state index contributed by atoms with van der Waals surface area (Å²) in [6.07, 6.45) is 8.24. The fraction of sp³-hybridized carbons (Fsp3) is 0.481. The third kappa shape index (κ3) is 5.64. The topological polar surface area (TPSA) is 89.8 Å². The summed E-state index contributed by atoms with van der Waals surface area (Å²) in [6, 6.07) is 12.0. The Bertz CT molecular complexity index is 1040. The molecule has 2 aliphatic rings. The second-order valence-electron chi connectivity index (χ2n) is 9.61. The van der Waals surface area contributed by atoms with Gasteiger partial charge in [-0.05, 0) is 55.2 Å². The number of ketones is 1. The van der Waals surface area contributed by atoms with Gasteiger partial charge in [-0.2, -0.15) is 0 Å². The number of nitro groups is 1. The number of nitro benzene ring substituents is 1. The van der Waals surface area contributed by atoms with Gasteiger partial charge < -0.3 is 9.64 Å². The molecule has 1 saturated carbocycles. The fourth-order valence-electron chi connectivity index (χ4n) is 5.15. The molecule has 34 heavy (non-hydrogen) atoms. The van der Waals surface area contributed by atoms with Crippen LogP contribution in [0.4, 0.5) is 11.4 Å². The molecule has 1 unspecified atom stereocenters. The van der Waals surface area contributed by atoms with E-state index < -0.39 is 17.5 Å². The number of carbonyl (C=O) groups is 2. The molecule has 0 aromatic heterocycles. The van der Waals surface area contributed by atoms with Crippen LogP contribution in [-0.2, 0) is 4.74 Å². The van der Waals surface area contributed by atoms with Crippen molar-refractivity contribution in [3.8, 4) is 0 Å². The molecule has 0 bridgehead atoms. The first-order valence-electron chi connectivity index (χ1n) is 12.3. The molecule has 1 heterocycles. The fourth-order valence-corrected chi connectivity index (χ4v) is 5.15. The summed E-state index contributed by atoms with van der Waals surface area (Å²) in [4.78, 5) is 38.3. The number of piperidine rings is 1. The van der Waals surface area contributed by atoms with Gasteiger partial charge in [0.2, 0.25) is 0 Å². The minimum atomic E-state index is -0.742.